The lowest BCUT2D eigenvalue weighted by molar-refractivity contribution is 0.602. The van der Waals surface area contributed by atoms with Crippen molar-refractivity contribution in [2.24, 2.45) is 0 Å². The first-order valence-corrected chi connectivity index (χ1v) is 8.76. The number of aromatic nitrogens is 1. The number of nitrogens with zero attached hydrogens (tertiary/aromatic N) is 1. The maximum Gasteiger partial charge on any atom is 0.188 e. The summed E-state index contributed by atoms with van der Waals surface area (Å²) in [6, 6.07) is 10.9. The topological polar surface area (TPSA) is 59.1 Å². The molecule has 2 aromatic carbocycles. The molecule has 3 rings (SSSR count). The number of benzene rings is 2. The molecule has 0 aliphatic carbocycles. The molecule has 0 bridgehead atoms. The van der Waals surface area contributed by atoms with Gasteiger partial charge in [0.25, 0.3) is 0 Å². The van der Waals surface area contributed by atoms with Gasteiger partial charge in [-0.3, -0.25) is 0 Å². The SMILES string of the molecule is CS(=O)(=O)c1ccc(Nc2nc3cc(F)ccc3s2)cc1. The van der Waals surface area contributed by atoms with Crippen LogP contribution in [0, 0.1) is 5.82 Å². The highest BCUT2D eigenvalue weighted by molar-refractivity contribution is 7.90. The highest BCUT2D eigenvalue weighted by Gasteiger charge is 2.08. The van der Waals surface area contributed by atoms with Crippen LogP contribution in [-0.2, 0) is 9.84 Å². The molecule has 0 aliphatic rings. The van der Waals surface area contributed by atoms with Gasteiger partial charge in [0.2, 0.25) is 0 Å². The van der Waals surface area contributed by atoms with E-state index in [1.165, 1.54) is 35.6 Å². The largest absolute Gasteiger partial charge is 0.332 e. The molecule has 1 heterocycles. The van der Waals surface area contributed by atoms with Crippen molar-refractivity contribution >= 4 is 42.2 Å². The molecule has 0 unspecified atom stereocenters. The lowest BCUT2D eigenvalue weighted by Crippen LogP contribution is -1.97. The van der Waals surface area contributed by atoms with Crippen molar-refractivity contribution in [3.63, 3.8) is 0 Å². The second-order valence-electron chi connectivity index (χ2n) is 4.55. The van der Waals surface area contributed by atoms with E-state index < -0.39 is 9.84 Å². The van der Waals surface area contributed by atoms with Crippen LogP contribution >= 0.6 is 11.3 Å². The van der Waals surface area contributed by atoms with Crippen LogP contribution in [0.3, 0.4) is 0 Å². The Labute approximate surface area is 125 Å². The molecule has 0 saturated carbocycles. The van der Waals surface area contributed by atoms with Gasteiger partial charge in [-0.05, 0) is 36.4 Å². The molecule has 1 aromatic heterocycles. The fourth-order valence-electron chi connectivity index (χ4n) is 1.86. The molecule has 0 amide bonds. The summed E-state index contributed by atoms with van der Waals surface area (Å²) in [6.45, 7) is 0. The van der Waals surface area contributed by atoms with Crippen molar-refractivity contribution in [2.45, 2.75) is 4.90 Å². The summed E-state index contributed by atoms with van der Waals surface area (Å²) < 4.78 is 36.8. The van der Waals surface area contributed by atoms with Crippen LogP contribution in [0.5, 0.6) is 0 Å². The first kappa shape index (κ1) is 14.0. The van der Waals surface area contributed by atoms with Gasteiger partial charge in [0.05, 0.1) is 15.1 Å². The standard InChI is InChI=1S/C14H11FN2O2S2/c1-21(18,19)11-5-3-10(4-6-11)16-14-17-12-8-9(15)2-7-13(12)20-14/h2-8H,1H3,(H,16,17). The minimum atomic E-state index is -3.20. The average Bonchev–Trinajstić information content (AvgIpc) is 2.79. The summed E-state index contributed by atoms with van der Waals surface area (Å²) in [6.07, 6.45) is 1.16. The van der Waals surface area contributed by atoms with E-state index >= 15 is 0 Å². The van der Waals surface area contributed by atoms with Gasteiger partial charge >= 0.3 is 0 Å². The van der Waals surface area contributed by atoms with E-state index in [0.29, 0.717) is 10.6 Å². The van der Waals surface area contributed by atoms with Gasteiger partial charge in [0.15, 0.2) is 15.0 Å². The van der Waals surface area contributed by atoms with Gasteiger partial charge in [-0.2, -0.15) is 0 Å². The Balaban J connectivity index is 1.88. The van der Waals surface area contributed by atoms with Crippen LogP contribution in [0.4, 0.5) is 15.2 Å². The van der Waals surface area contributed by atoms with Gasteiger partial charge in [-0.25, -0.2) is 17.8 Å². The summed E-state index contributed by atoms with van der Waals surface area (Å²) in [5, 5.41) is 3.71. The van der Waals surface area contributed by atoms with Gasteiger partial charge in [-0.15, -0.1) is 0 Å². The number of thiazole rings is 1. The molecule has 7 heteroatoms. The molecular formula is C14H11FN2O2S2. The van der Waals surface area contributed by atoms with Crippen molar-refractivity contribution in [3.8, 4) is 0 Å². The van der Waals surface area contributed by atoms with Gasteiger partial charge in [-0.1, -0.05) is 11.3 Å². The predicted molar refractivity (Wildman–Crippen MR) is 82.4 cm³/mol. The highest BCUT2D eigenvalue weighted by atomic mass is 32.2. The minimum Gasteiger partial charge on any atom is -0.332 e. The zero-order valence-corrected chi connectivity index (χ0v) is 12.6. The second-order valence-corrected chi connectivity index (χ2v) is 7.60. The summed E-state index contributed by atoms with van der Waals surface area (Å²) >= 11 is 1.40. The Morgan fingerprint density at radius 2 is 1.86 bits per heavy atom. The quantitative estimate of drug-likeness (QED) is 0.800. The number of hydrogen-bond donors (Lipinski definition) is 1. The second kappa shape index (κ2) is 5.09. The zero-order chi connectivity index (χ0) is 15.0. The van der Waals surface area contributed by atoms with Gasteiger partial charge < -0.3 is 5.32 Å². The van der Waals surface area contributed by atoms with Crippen LogP contribution in [0.1, 0.15) is 0 Å². The third-order valence-corrected chi connectivity index (χ3v) is 4.96. The molecule has 3 aromatic rings. The summed E-state index contributed by atoms with van der Waals surface area (Å²) in [5.74, 6) is -0.322. The van der Waals surface area contributed by atoms with Crippen LogP contribution in [0.2, 0.25) is 0 Å². The van der Waals surface area contributed by atoms with Crippen LogP contribution in [0.25, 0.3) is 10.2 Å². The van der Waals surface area contributed by atoms with Crippen LogP contribution in [0.15, 0.2) is 47.4 Å². The lowest BCUT2D eigenvalue weighted by Gasteiger charge is -2.03. The van der Waals surface area contributed by atoms with Crippen molar-refractivity contribution in [1.29, 1.82) is 0 Å². The third-order valence-electron chi connectivity index (χ3n) is 2.88. The van der Waals surface area contributed by atoms with E-state index in [2.05, 4.69) is 10.3 Å². The summed E-state index contributed by atoms with van der Waals surface area (Å²) in [7, 11) is -3.20. The number of halogens is 1. The molecule has 0 aliphatic heterocycles. The van der Waals surface area contributed by atoms with Gasteiger partial charge in [0.1, 0.15) is 5.82 Å². The highest BCUT2D eigenvalue weighted by Crippen LogP contribution is 2.29. The number of rotatable bonds is 3. The van der Waals surface area contributed by atoms with Gasteiger partial charge in [0, 0.05) is 18.0 Å². The van der Waals surface area contributed by atoms with Crippen LogP contribution in [-0.4, -0.2) is 19.7 Å². The Morgan fingerprint density at radius 3 is 2.52 bits per heavy atom. The molecule has 0 fully saturated rings. The van der Waals surface area contributed by atoms with E-state index in [-0.39, 0.29) is 10.7 Å². The smallest absolute Gasteiger partial charge is 0.188 e. The van der Waals surface area contributed by atoms with E-state index in [9.17, 15) is 12.8 Å². The number of sulfone groups is 1. The monoisotopic (exact) mass is 322 g/mol. The van der Waals surface area contributed by atoms with E-state index in [4.69, 9.17) is 0 Å². The number of nitrogens with one attached hydrogen (secondary N) is 1. The molecule has 0 saturated heterocycles. The Morgan fingerprint density at radius 1 is 1.14 bits per heavy atom. The molecule has 21 heavy (non-hydrogen) atoms. The minimum absolute atomic E-state index is 0.263. The molecule has 108 valence electrons. The van der Waals surface area contributed by atoms with Crippen molar-refractivity contribution in [2.75, 3.05) is 11.6 Å². The number of anilines is 2. The van der Waals surface area contributed by atoms with E-state index in [1.807, 2.05) is 0 Å². The number of fused-ring (bicyclic) bond motifs is 1. The van der Waals surface area contributed by atoms with Crippen molar-refractivity contribution in [1.82, 2.24) is 4.98 Å². The van der Waals surface area contributed by atoms with E-state index in [0.717, 1.165) is 16.6 Å². The summed E-state index contributed by atoms with van der Waals surface area (Å²) in [4.78, 5) is 4.55. The lowest BCUT2D eigenvalue weighted by atomic mass is 10.3. The fraction of sp³-hybridized carbons (Fsp3) is 0.0714. The molecular weight excluding hydrogens is 311 g/mol. The zero-order valence-electron chi connectivity index (χ0n) is 11.0. The fourth-order valence-corrected chi connectivity index (χ4v) is 3.36. The van der Waals surface area contributed by atoms with Crippen molar-refractivity contribution < 1.29 is 12.8 Å². The maximum atomic E-state index is 13.1. The van der Waals surface area contributed by atoms with Crippen molar-refractivity contribution in [3.05, 3.63) is 48.3 Å². The maximum absolute atomic E-state index is 13.1. The first-order valence-electron chi connectivity index (χ1n) is 6.05. The normalized spacial score (nSPS) is 11.7. The molecule has 4 nitrogen and oxygen atoms in total. The summed E-state index contributed by atoms with van der Waals surface area (Å²) in [5.41, 5.74) is 1.32. The Bertz CT molecular complexity index is 902. The third kappa shape index (κ3) is 3.03. The molecule has 0 spiro atoms. The molecule has 0 atom stereocenters. The van der Waals surface area contributed by atoms with Crippen LogP contribution < -0.4 is 5.32 Å². The Hall–Kier alpha value is -1.99. The van der Waals surface area contributed by atoms with E-state index in [1.54, 1.807) is 18.2 Å². The Kier molecular flexibility index (Phi) is 3.38. The molecule has 1 N–H and O–H groups in total. The molecule has 0 radical (unpaired) electrons. The predicted octanol–water partition coefficient (Wildman–Crippen LogP) is 3.58. The first-order chi connectivity index (χ1) is 9.91. The number of hydrogen-bond acceptors (Lipinski definition) is 5. The average molecular weight is 322 g/mol.